The third-order valence-electron chi connectivity index (χ3n) is 2.31. The zero-order valence-corrected chi connectivity index (χ0v) is 10.1. The summed E-state index contributed by atoms with van der Waals surface area (Å²) in [4.78, 5) is 3.21. The van der Waals surface area contributed by atoms with Gasteiger partial charge in [-0.15, -0.1) is 0 Å². The maximum Gasteiger partial charge on any atom is 0.197 e. The standard InChI is InChI=1S/C13H6BrF2N/c1-17-12-4-2-3-11(16)13(12)9-7-8(14)5-6-10(9)15/h2-7H. The Hall–Kier alpha value is -1.73. The third kappa shape index (κ3) is 2.20. The first-order valence-electron chi connectivity index (χ1n) is 4.75. The normalized spacial score (nSPS) is 10.0. The Kier molecular flexibility index (Phi) is 3.21. The molecular weight excluding hydrogens is 288 g/mol. The molecule has 2 aromatic carbocycles. The predicted molar refractivity (Wildman–Crippen MR) is 65.8 cm³/mol. The van der Waals surface area contributed by atoms with Gasteiger partial charge in [-0.3, -0.25) is 0 Å². The number of benzene rings is 2. The molecule has 0 bridgehead atoms. The Morgan fingerprint density at radius 3 is 2.53 bits per heavy atom. The highest BCUT2D eigenvalue weighted by atomic mass is 79.9. The highest BCUT2D eigenvalue weighted by Crippen LogP contribution is 2.35. The quantitative estimate of drug-likeness (QED) is 0.656. The summed E-state index contributed by atoms with van der Waals surface area (Å²) in [5.74, 6) is -1.15. The molecule has 0 aromatic heterocycles. The SMILES string of the molecule is [C-]#[N+]c1cccc(F)c1-c1cc(Br)ccc1F. The molecule has 84 valence electrons. The van der Waals surface area contributed by atoms with Crippen molar-refractivity contribution in [3.8, 4) is 11.1 Å². The minimum absolute atomic E-state index is 0.00120. The Bertz CT molecular complexity index is 617. The summed E-state index contributed by atoms with van der Waals surface area (Å²) in [6.45, 7) is 6.98. The van der Waals surface area contributed by atoms with Crippen molar-refractivity contribution in [3.63, 3.8) is 0 Å². The van der Waals surface area contributed by atoms with Crippen LogP contribution in [0.5, 0.6) is 0 Å². The Morgan fingerprint density at radius 1 is 1.06 bits per heavy atom. The largest absolute Gasteiger partial charge is 0.237 e. The molecule has 0 saturated heterocycles. The molecule has 0 amide bonds. The van der Waals surface area contributed by atoms with Gasteiger partial charge in [-0.05, 0) is 24.3 Å². The van der Waals surface area contributed by atoms with Crippen LogP contribution in [0.15, 0.2) is 40.9 Å². The lowest BCUT2D eigenvalue weighted by molar-refractivity contribution is 0.617. The van der Waals surface area contributed by atoms with E-state index < -0.39 is 11.6 Å². The fourth-order valence-corrected chi connectivity index (χ4v) is 1.92. The average molecular weight is 294 g/mol. The van der Waals surface area contributed by atoms with Gasteiger partial charge in [0.15, 0.2) is 5.69 Å². The third-order valence-corrected chi connectivity index (χ3v) is 2.80. The van der Waals surface area contributed by atoms with E-state index in [1.807, 2.05) is 0 Å². The maximum absolute atomic E-state index is 13.7. The lowest BCUT2D eigenvalue weighted by atomic mass is 10.0. The van der Waals surface area contributed by atoms with Crippen molar-refractivity contribution in [2.24, 2.45) is 0 Å². The molecule has 2 rings (SSSR count). The van der Waals surface area contributed by atoms with Crippen LogP contribution in [0.1, 0.15) is 0 Å². The molecule has 0 aliphatic carbocycles. The van der Waals surface area contributed by atoms with Crippen LogP contribution >= 0.6 is 15.9 Å². The molecule has 0 N–H and O–H groups in total. The molecule has 2 aromatic rings. The van der Waals surface area contributed by atoms with E-state index in [1.54, 1.807) is 0 Å². The van der Waals surface area contributed by atoms with Crippen LogP contribution in [0, 0.1) is 18.2 Å². The summed E-state index contributed by atoms with van der Waals surface area (Å²) in [7, 11) is 0. The molecule has 0 atom stereocenters. The van der Waals surface area contributed by atoms with Crippen molar-refractivity contribution in [3.05, 3.63) is 63.9 Å². The van der Waals surface area contributed by atoms with Gasteiger partial charge < -0.3 is 0 Å². The van der Waals surface area contributed by atoms with Crippen LogP contribution in [0.4, 0.5) is 14.5 Å². The van der Waals surface area contributed by atoms with Gasteiger partial charge >= 0.3 is 0 Å². The average Bonchev–Trinajstić information content (AvgIpc) is 2.32. The number of hydrogen-bond donors (Lipinski definition) is 0. The molecule has 0 heterocycles. The first kappa shape index (κ1) is 11.7. The molecule has 4 heteroatoms. The topological polar surface area (TPSA) is 4.36 Å². The lowest BCUT2D eigenvalue weighted by Gasteiger charge is -2.07. The van der Waals surface area contributed by atoms with Gasteiger partial charge in [0.25, 0.3) is 0 Å². The number of hydrogen-bond acceptors (Lipinski definition) is 0. The van der Waals surface area contributed by atoms with Gasteiger partial charge in [-0.1, -0.05) is 28.1 Å². The van der Waals surface area contributed by atoms with Crippen LogP contribution in [0.25, 0.3) is 16.0 Å². The highest BCUT2D eigenvalue weighted by Gasteiger charge is 2.14. The summed E-state index contributed by atoms with van der Waals surface area (Å²) >= 11 is 3.20. The molecule has 0 radical (unpaired) electrons. The fourth-order valence-electron chi connectivity index (χ4n) is 1.56. The zero-order valence-electron chi connectivity index (χ0n) is 8.55. The van der Waals surface area contributed by atoms with Crippen LogP contribution in [-0.4, -0.2) is 0 Å². The minimum Gasteiger partial charge on any atom is -0.237 e. The van der Waals surface area contributed by atoms with Gasteiger partial charge in [0, 0.05) is 15.6 Å². The second-order valence-corrected chi connectivity index (χ2v) is 4.29. The monoisotopic (exact) mass is 293 g/mol. The molecule has 17 heavy (non-hydrogen) atoms. The molecule has 0 aliphatic rings. The van der Waals surface area contributed by atoms with Gasteiger partial charge in [0.1, 0.15) is 11.6 Å². The summed E-state index contributed by atoms with van der Waals surface area (Å²) in [6.07, 6.45) is 0. The molecular formula is C13H6BrF2N. The van der Waals surface area contributed by atoms with E-state index in [0.717, 1.165) is 0 Å². The summed E-state index contributed by atoms with van der Waals surface area (Å²) in [5.41, 5.74) is 0.187. The predicted octanol–water partition coefficient (Wildman–Crippen LogP) is 4.95. The molecule has 1 nitrogen and oxygen atoms in total. The van der Waals surface area contributed by atoms with E-state index in [4.69, 9.17) is 6.57 Å². The van der Waals surface area contributed by atoms with Crippen LogP contribution in [-0.2, 0) is 0 Å². The van der Waals surface area contributed by atoms with E-state index in [-0.39, 0.29) is 16.8 Å². The second kappa shape index (κ2) is 4.64. The lowest BCUT2D eigenvalue weighted by Crippen LogP contribution is -1.89. The van der Waals surface area contributed by atoms with Crippen molar-refractivity contribution in [2.45, 2.75) is 0 Å². The Balaban J connectivity index is 2.77. The summed E-state index contributed by atoms with van der Waals surface area (Å²) in [5, 5.41) is 0. The molecule has 0 fully saturated rings. The van der Waals surface area contributed by atoms with Crippen LogP contribution in [0.3, 0.4) is 0 Å². The zero-order chi connectivity index (χ0) is 12.4. The van der Waals surface area contributed by atoms with E-state index in [0.29, 0.717) is 4.47 Å². The van der Waals surface area contributed by atoms with Crippen molar-refractivity contribution in [2.75, 3.05) is 0 Å². The Labute approximate surface area is 106 Å². The molecule has 0 spiro atoms. The van der Waals surface area contributed by atoms with E-state index in [2.05, 4.69) is 20.8 Å². The maximum atomic E-state index is 13.7. The van der Waals surface area contributed by atoms with Crippen LogP contribution in [0.2, 0.25) is 0 Å². The minimum atomic E-state index is -0.601. The fraction of sp³-hybridized carbons (Fsp3) is 0. The molecule has 0 unspecified atom stereocenters. The molecule has 0 aliphatic heterocycles. The van der Waals surface area contributed by atoms with Gasteiger partial charge in [0.05, 0.1) is 6.57 Å². The number of nitrogens with zero attached hydrogens (tertiary/aromatic N) is 1. The number of halogens is 3. The van der Waals surface area contributed by atoms with Crippen molar-refractivity contribution in [1.82, 2.24) is 0 Å². The van der Waals surface area contributed by atoms with Gasteiger partial charge in [0.2, 0.25) is 0 Å². The van der Waals surface area contributed by atoms with Crippen molar-refractivity contribution >= 4 is 21.6 Å². The van der Waals surface area contributed by atoms with E-state index in [1.165, 1.54) is 36.4 Å². The van der Waals surface area contributed by atoms with Gasteiger partial charge in [-0.25, -0.2) is 13.6 Å². The van der Waals surface area contributed by atoms with Crippen molar-refractivity contribution in [1.29, 1.82) is 0 Å². The van der Waals surface area contributed by atoms with Gasteiger partial charge in [-0.2, -0.15) is 0 Å². The summed E-state index contributed by atoms with van der Waals surface area (Å²) in [6, 6.07) is 8.33. The first-order valence-corrected chi connectivity index (χ1v) is 5.54. The smallest absolute Gasteiger partial charge is 0.197 e. The summed E-state index contributed by atoms with van der Waals surface area (Å²) < 4.78 is 28.0. The Morgan fingerprint density at radius 2 is 1.82 bits per heavy atom. The first-order chi connectivity index (χ1) is 8.13. The number of rotatable bonds is 1. The van der Waals surface area contributed by atoms with E-state index >= 15 is 0 Å². The van der Waals surface area contributed by atoms with Crippen LogP contribution < -0.4 is 0 Å². The molecule has 0 saturated carbocycles. The highest BCUT2D eigenvalue weighted by molar-refractivity contribution is 9.10. The van der Waals surface area contributed by atoms with Crippen molar-refractivity contribution < 1.29 is 8.78 Å². The van der Waals surface area contributed by atoms with E-state index in [9.17, 15) is 8.78 Å². The second-order valence-electron chi connectivity index (χ2n) is 3.37.